The Morgan fingerprint density at radius 3 is 2.52 bits per heavy atom. The van der Waals surface area contributed by atoms with Gasteiger partial charge in [-0.15, -0.1) is 0 Å². The van der Waals surface area contributed by atoms with Gasteiger partial charge in [-0.3, -0.25) is 10.3 Å². The van der Waals surface area contributed by atoms with Crippen LogP contribution in [0.25, 0.3) is 0 Å². The topological polar surface area (TPSA) is 56.9 Å². The third kappa shape index (κ3) is 5.02. The summed E-state index contributed by atoms with van der Waals surface area (Å²) in [5.41, 5.74) is 10.3. The molecule has 1 fully saturated rings. The molecule has 0 amide bonds. The van der Waals surface area contributed by atoms with Crippen molar-refractivity contribution in [1.82, 2.24) is 10.3 Å². The van der Waals surface area contributed by atoms with Crippen LogP contribution in [0.1, 0.15) is 24.1 Å². The van der Waals surface area contributed by atoms with E-state index in [1.54, 1.807) is 6.07 Å². The number of nitrogens with one attached hydrogen (secondary N) is 1. The summed E-state index contributed by atoms with van der Waals surface area (Å²) in [4.78, 5) is 4.53. The van der Waals surface area contributed by atoms with E-state index in [1.165, 1.54) is 17.8 Å². The Morgan fingerprint density at radius 2 is 1.89 bits per heavy atom. The molecule has 142 valence electrons. The molecule has 0 radical (unpaired) electrons. The normalized spacial score (nSPS) is 16.4. The summed E-state index contributed by atoms with van der Waals surface area (Å²) in [6, 6.07) is 15.9. The second-order valence-corrected chi connectivity index (χ2v) is 6.99. The van der Waals surface area contributed by atoms with Crippen LogP contribution in [0, 0.1) is 5.82 Å². The van der Waals surface area contributed by atoms with Crippen molar-refractivity contribution in [3.63, 3.8) is 0 Å². The number of benzene rings is 2. The van der Waals surface area contributed by atoms with Crippen LogP contribution in [-0.2, 0) is 0 Å². The predicted molar refractivity (Wildman–Crippen MR) is 113 cm³/mol. The van der Waals surface area contributed by atoms with Crippen molar-refractivity contribution in [1.29, 1.82) is 0 Å². The van der Waals surface area contributed by atoms with Crippen LogP contribution in [0.15, 0.2) is 53.6 Å². The highest BCUT2D eigenvalue weighted by Gasteiger charge is 2.23. The van der Waals surface area contributed by atoms with Gasteiger partial charge in [-0.25, -0.2) is 4.39 Å². The molecule has 1 saturated heterocycles. The van der Waals surface area contributed by atoms with Crippen molar-refractivity contribution in [2.75, 3.05) is 31.1 Å². The molecule has 0 saturated carbocycles. The van der Waals surface area contributed by atoms with Gasteiger partial charge in [0.1, 0.15) is 5.82 Å². The Balaban J connectivity index is 1.61. The molecule has 2 aromatic rings. The number of thiocarbonyl (C=S) groups is 1. The van der Waals surface area contributed by atoms with E-state index in [1.807, 2.05) is 12.1 Å². The number of nitrogens with zero attached hydrogens (tertiary/aromatic N) is 3. The Bertz CT molecular complexity index is 803. The monoisotopic (exact) mass is 385 g/mol. The second-order valence-electron chi connectivity index (χ2n) is 6.55. The first-order chi connectivity index (χ1) is 13.0. The molecular formula is C20H24FN5S. The summed E-state index contributed by atoms with van der Waals surface area (Å²) in [5.74, 6) is -0.251. The zero-order valence-corrected chi connectivity index (χ0v) is 16.1. The molecule has 1 heterocycles. The van der Waals surface area contributed by atoms with Gasteiger partial charge in [0.15, 0.2) is 5.11 Å². The number of hydrogen-bond donors (Lipinski definition) is 2. The second kappa shape index (κ2) is 8.92. The number of rotatable bonds is 5. The average molecular weight is 386 g/mol. The quantitative estimate of drug-likeness (QED) is 0.471. The molecule has 27 heavy (non-hydrogen) atoms. The van der Waals surface area contributed by atoms with Crippen LogP contribution in [0.3, 0.4) is 0 Å². The van der Waals surface area contributed by atoms with Crippen molar-refractivity contribution in [2.45, 2.75) is 13.0 Å². The minimum atomic E-state index is -0.251. The fourth-order valence-electron chi connectivity index (χ4n) is 3.32. The SMILES string of the molecule is CC(c1ccccc1)N1CCN(c2ccc(C=NNC(N)=S)cc2F)CC1. The first-order valence-corrected chi connectivity index (χ1v) is 9.37. The Labute approximate surface area is 164 Å². The highest BCUT2D eigenvalue weighted by molar-refractivity contribution is 7.80. The Hall–Kier alpha value is -2.51. The zero-order valence-electron chi connectivity index (χ0n) is 15.3. The average Bonchev–Trinajstić information content (AvgIpc) is 2.68. The van der Waals surface area contributed by atoms with Gasteiger partial charge in [-0.1, -0.05) is 36.4 Å². The van der Waals surface area contributed by atoms with Crippen molar-refractivity contribution in [3.8, 4) is 0 Å². The van der Waals surface area contributed by atoms with Gasteiger partial charge in [0, 0.05) is 32.2 Å². The van der Waals surface area contributed by atoms with Gasteiger partial charge in [0.25, 0.3) is 0 Å². The molecule has 1 aliphatic rings. The molecule has 7 heteroatoms. The minimum Gasteiger partial charge on any atom is -0.375 e. The van der Waals surface area contributed by atoms with Crippen LogP contribution in [0.2, 0.25) is 0 Å². The molecule has 1 aliphatic heterocycles. The molecule has 3 rings (SSSR count). The number of piperazine rings is 1. The fraction of sp³-hybridized carbons (Fsp3) is 0.300. The Kier molecular flexibility index (Phi) is 6.36. The summed E-state index contributed by atoms with van der Waals surface area (Å²) in [7, 11) is 0. The number of nitrogens with two attached hydrogens (primary N) is 1. The summed E-state index contributed by atoms with van der Waals surface area (Å²) >= 11 is 4.67. The highest BCUT2D eigenvalue weighted by Crippen LogP contribution is 2.25. The zero-order chi connectivity index (χ0) is 19.2. The fourth-order valence-corrected chi connectivity index (χ4v) is 3.38. The van der Waals surface area contributed by atoms with E-state index in [9.17, 15) is 4.39 Å². The summed E-state index contributed by atoms with van der Waals surface area (Å²) < 4.78 is 14.6. The van der Waals surface area contributed by atoms with Crippen molar-refractivity contribution in [3.05, 3.63) is 65.5 Å². The lowest BCUT2D eigenvalue weighted by molar-refractivity contribution is 0.198. The lowest BCUT2D eigenvalue weighted by Crippen LogP contribution is -2.47. The van der Waals surface area contributed by atoms with E-state index in [0.717, 1.165) is 26.2 Å². The van der Waals surface area contributed by atoms with E-state index >= 15 is 0 Å². The molecule has 0 spiro atoms. The lowest BCUT2D eigenvalue weighted by Gasteiger charge is -2.39. The van der Waals surface area contributed by atoms with Gasteiger partial charge in [-0.2, -0.15) is 5.10 Å². The molecule has 3 N–H and O–H groups in total. The van der Waals surface area contributed by atoms with Crippen molar-refractivity contribution >= 4 is 29.2 Å². The maximum Gasteiger partial charge on any atom is 0.184 e. The van der Waals surface area contributed by atoms with E-state index in [0.29, 0.717) is 17.3 Å². The van der Waals surface area contributed by atoms with Gasteiger partial charge in [0.2, 0.25) is 0 Å². The third-order valence-electron chi connectivity index (χ3n) is 4.84. The van der Waals surface area contributed by atoms with Crippen molar-refractivity contribution < 1.29 is 4.39 Å². The molecule has 5 nitrogen and oxygen atoms in total. The smallest absolute Gasteiger partial charge is 0.184 e. The van der Waals surface area contributed by atoms with Gasteiger partial charge >= 0.3 is 0 Å². The number of hydrogen-bond acceptors (Lipinski definition) is 4. The number of hydrazone groups is 1. The molecular weight excluding hydrogens is 361 g/mol. The first-order valence-electron chi connectivity index (χ1n) is 8.96. The summed E-state index contributed by atoms with van der Waals surface area (Å²) in [5, 5.41) is 3.93. The molecule has 0 aliphatic carbocycles. The standard InChI is InChI=1S/C20H24FN5S/c1-15(17-5-3-2-4-6-17)25-9-11-26(12-10-25)19-8-7-16(13-18(19)21)14-23-24-20(22)27/h2-8,13-15H,9-12H2,1H3,(H3,22,24,27). The summed E-state index contributed by atoms with van der Waals surface area (Å²) in [6.45, 7) is 5.61. The van der Waals surface area contributed by atoms with Gasteiger partial charge in [-0.05, 0) is 42.4 Å². The lowest BCUT2D eigenvalue weighted by atomic mass is 10.1. The van der Waals surface area contributed by atoms with Crippen LogP contribution >= 0.6 is 12.2 Å². The van der Waals surface area contributed by atoms with Gasteiger partial charge in [0.05, 0.1) is 11.9 Å². The summed E-state index contributed by atoms with van der Waals surface area (Å²) in [6.07, 6.45) is 1.49. The number of anilines is 1. The first kappa shape index (κ1) is 19.3. The third-order valence-corrected chi connectivity index (χ3v) is 4.94. The molecule has 1 unspecified atom stereocenters. The molecule has 0 bridgehead atoms. The predicted octanol–water partition coefficient (Wildman–Crippen LogP) is 2.88. The van der Waals surface area contributed by atoms with Crippen LogP contribution < -0.4 is 16.1 Å². The van der Waals surface area contributed by atoms with Crippen LogP contribution in [-0.4, -0.2) is 42.4 Å². The van der Waals surface area contributed by atoms with Crippen LogP contribution in [0.5, 0.6) is 0 Å². The maximum absolute atomic E-state index is 14.6. The molecule has 0 aromatic heterocycles. The van der Waals surface area contributed by atoms with Gasteiger partial charge < -0.3 is 10.6 Å². The van der Waals surface area contributed by atoms with E-state index < -0.39 is 0 Å². The van der Waals surface area contributed by atoms with E-state index in [4.69, 9.17) is 5.73 Å². The maximum atomic E-state index is 14.6. The minimum absolute atomic E-state index is 0.0749. The van der Waals surface area contributed by atoms with E-state index in [-0.39, 0.29) is 10.9 Å². The molecule has 2 aromatic carbocycles. The largest absolute Gasteiger partial charge is 0.375 e. The Morgan fingerprint density at radius 1 is 1.19 bits per heavy atom. The highest BCUT2D eigenvalue weighted by atomic mass is 32.1. The van der Waals surface area contributed by atoms with E-state index in [2.05, 4.69) is 63.7 Å². The number of halogens is 1. The molecule has 1 atom stereocenters. The van der Waals surface area contributed by atoms with Crippen molar-refractivity contribution in [2.24, 2.45) is 10.8 Å². The van der Waals surface area contributed by atoms with Crippen LogP contribution in [0.4, 0.5) is 10.1 Å².